The monoisotopic (exact) mass is 488 g/mol. The van der Waals surface area contributed by atoms with E-state index in [2.05, 4.69) is 65.7 Å². The fraction of sp³-hybridized carbons (Fsp3) is 0.700. The molecule has 1 aliphatic heterocycles. The predicted molar refractivity (Wildman–Crippen MR) is 125 cm³/mol. The number of likely N-dealkylation sites (tertiary alicyclic amines) is 1. The SMILES string of the molecule is CCNC(=NCCNC(C)(C)C)NC1CCN(Cc2ccccn2)CC1.I. The molecule has 2 rings (SSSR count). The molecule has 1 fully saturated rings. The summed E-state index contributed by atoms with van der Waals surface area (Å²) in [6, 6.07) is 6.62. The summed E-state index contributed by atoms with van der Waals surface area (Å²) >= 11 is 0. The fourth-order valence-electron chi connectivity index (χ4n) is 3.07. The third-order valence-corrected chi connectivity index (χ3v) is 4.42. The van der Waals surface area contributed by atoms with Gasteiger partial charge in [-0.2, -0.15) is 0 Å². The van der Waals surface area contributed by atoms with E-state index in [1.54, 1.807) is 0 Å². The molecule has 2 heterocycles. The van der Waals surface area contributed by atoms with Gasteiger partial charge >= 0.3 is 0 Å². The van der Waals surface area contributed by atoms with Crippen molar-refractivity contribution in [2.24, 2.45) is 4.99 Å². The topological polar surface area (TPSA) is 64.6 Å². The number of aromatic nitrogens is 1. The van der Waals surface area contributed by atoms with E-state index in [0.29, 0.717) is 6.04 Å². The first kappa shape index (κ1) is 24.1. The van der Waals surface area contributed by atoms with Crippen LogP contribution in [-0.2, 0) is 6.54 Å². The Morgan fingerprint density at radius 1 is 1.26 bits per heavy atom. The Morgan fingerprint density at radius 3 is 2.59 bits per heavy atom. The molecular formula is C20H37IN6. The molecule has 154 valence electrons. The van der Waals surface area contributed by atoms with Crippen molar-refractivity contribution < 1.29 is 0 Å². The molecular weight excluding hydrogens is 451 g/mol. The van der Waals surface area contributed by atoms with Crippen LogP contribution in [0.15, 0.2) is 29.4 Å². The summed E-state index contributed by atoms with van der Waals surface area (Å²) in [4.78, 5) is 11.6. The van der Waals surface area contributed by atoms with Gasteiger partial charge < -0.3 is 16.0 Å². The minimum absolute atomic E-state index is 0. The zero-order chi connectivity index (χ0) is 18.8. The molecule has 1 aromatic rings. The maximum atomic E-state index is 4.71. The number of piperidine rings is 1. The highest BCUT2D eigenvalue weighted by molar-refractivity contribution is 14.0. The normalized spacial score (nSPS) is 16.7. The Bertz CT molecular complexity index is 535. The molecule has 0 aromatic carbocycles. The van der Waals surface area contributed by atoms with Crippen molar-refractivity contribution in [3.63, 3.8) is 0 Å². The Morgan fingerprint density at radius 2 is 2.00 bits per heavy atom. The maximum absolute atomic E-state index is 4.71. The van der Waals surface area contributed by atoms with Crippen LogP contribution >= 0.6 is 24.0 Å². The van der Waals surface area contributed by atoms with Crippen LogP contribution in [0.2, 0.25) is 0 Å². The highest BCUT2D eigenvalue weighted by Gasteiger charge is 2.20. The lowest BCUT2D eigenvalue weighted by molar-refractivity contribution is 0.196. The molecule has 27 heavy (non-hydrogen) atoms. The molecule has 1 saturated heterocycles. The van der Waals surface area contributed by atoms with Gasteiger partial charge in [0.2, 0.25) is 0 Å². The second kappa shape index (κ2) is 12.5. The summed E-state index contributed by atoms with van der Waals surface area (Å²) in [6.45, 7) is 14.3. The van der Waals surface area contributed by atoms with Gasteiger partial charge in [0.25, 0.3) is 0 Å². The number of halogens is 1. The molecule has 1 aliphatic rings. The second-order valence-electron chi connectivity index (χ2n) is 7.95. The molecule has 1 aromatic heterocycles. The minimum atomic E-state index is 0. The highest BCUT2D eigenvalue weighted by atomic mass is 127. The number of hydrogen-bond acceptors (Lipinski definition) is 4. The summed E-state index contributed by atoms with van der Waals surface area (Å²) in [5.74, 6) is 0.936. The van der Waals surface area contributed by atoms with Gasteiger partial charge in [0.05, 0.1) is 12.2 Å². The molecule has 0 atom stereocenters. The van der Waals surface area contributed by atoms with Crippen molar-refractivity contribution in [3.8, 4) is 0 Å². The number of pyridine rings is 1. The van der Waals surface area contributed by atoms with Crippen molar-refractivity contribution in [2.45, 2.75) is 58.7 Å². The zero-order valence-corrected chi connectivity index (χ0v) is 19.6. The standard InChI is InChI=1S/C20H36N6.HI/c1-5-21-19(23-12-13-24-20(2,3)4)25-17-9-14-26(15-10-17)16-18-8-6-7-11-22-18;/h6-8,11,17,24H,5,9-10,12-16H2,1-4H3,(H2,21,23,25);1H. The van der Waals surface area contributed by atoms with Crippen LogP contribution in [0.4, 0.5) is 0 Å². The Labute approximate surface area is 182 Å². The van der Waals surface area contributed by atoms with Crippen molar-refractivity contribution >= 4 is 29.9 Å². The number of hydrogen-bond donors (Lipinski definition) is 3. The molecule has 7 heteroatoms. The lowest BCUT2D eigenvalue weighted by Gasteiger charge is -2.32. The Kier molecular flexibility index (Phi) is 11.2. The smallest absolute Gasteiger partial charge is 0.191 e. The van der Waals surface area contributed by atoms with Gasteiger partial charge in [-0.05, 0) is 52.7 Å². The first-order valence-electron chi connectivity index (χ1n) is 9.88. The van der Waals surface area contributed by atoms with E-state index in [9.17, 15) is 0 Å². The summed E-state index contributed by atoms with van der Waals surface area (Å²) in [6.07, 6.45) is 4.15. The number of aliphatic imine (C=N–C) groups is 1. The summed E-state index contributed by atoms with van der Waals surface area (Å²) in [5, 5.41) is 10.5. The lowest BCUT2D eigenvalue weighted by Crippen LogP contribution is -2.48. The third-order valence-electron chi connectivity index (χ3n) is 4.42. The predicted octanol–water partition coefficient (Wildman–Crippen LogP) is 2.61. The lowest BCUT2D eigenvalue weighted by atomic mass is 10.0. The van der Waals surface area contributed by atoms with Gasteiger partial charge in [-0.15, -0.1) is 24.0 Å². The summed E-state index contributed by atoms with van der Waals surface area (Å²) in [5.41, 5.74) is 1.29. The highest BCUT2D eigenvalue weighted by Crippen LogP contribution is 2.12. The minimum Gasteiger partial charge on any atom is -0.357 e. The molecule has 3 N–H and O–H groups in total. The molecule has 0 amide bonds. The van der Waals surface area contributed by atoms with Crippen molar-refractivity contribution in [1.82, 2.24) is 25.8 Å². The van der Waals surface area contributed by atoms with Crippen molar-refractivity contribution in [2.75, 3.05) is 32.7 Å². The molecule has 0 bridgehead atoms. The van der Waals surface area contributed by atoms with E-state index in [-0.39, 0.29) is 29.5 Å². The van der Waals surface area contributed by atoms with E-state index < -0.39 is 0 Å². The van der Waals surface area contributed by atoms with E-state index in [1.807, 2.05) is 12.3 Å². The number of rotatable bonds is 7. The van der Waals surface area contributed by atoms with Crippen LogP contribution in [0, 0.1) is 0 Å². The first-order valence-corrected chi connectivity index (χ1v) is 9.88. The van der Waals surface area contributed by atoms with E-state index in [4.69, 9.17) is 4.99 Å². The molecule has 0 radical (unpaired) electrons. The molecule has 0 spiro atoms. The largest absolute Gasteiger partial charge is 0.357 e. The quantitative estimate of drug-likeness (QED) is 0.239. The number of nitrogens with zero attached hydrogens (tertiary/aromatic N) is 3. The van der Waals surface area contributed by atoms with Gasteiger partial charge in [0.15, 0.2) is 5.96 Å². The molecule has 0 unspecified atom stereocenters. The van der Waals surface area contributed by atoms with Crippen LogP contribution in [0.1, 0.15) is 46.2 Å². The van der Waals surface area contributed by atoms with Crippen LogP contribution < -0.4 is 16.0 Å². The van der Waals surface area contributed by atoms with Gasteiger partial charge in [0.1, 0.15) is 0 Å². The first-order chi connectivity index (χ1) is 12.5. The van der Waals surface area contributed by atoms with Crippen LogP contribution in [0.3, 0.4) is 0 Å². The van der Waals surface area contributed by atoms with Crippen molar-refractivity contribution in [3.05, 3.63) is 30.1 Å². The fourth-order valence-corrected chi connectivity index (χ4v) is 3.07. The average molecular weight is 488 g/mol. The van der Waals surface area contributed by atoms with Crippen molar-refractivity contribution in [1.29, 1.82) is 0 Å². The van der Waals surface area contributed by atoms with Crippen LogP contribution in [-0.4, -0.2) is 60.1 Å². The number of guanidine groups is 1. The molecule has 6 nitrogen and oxygen atoms in total. The van der Waals surface area contributed by atoms with Gasteiger partial charge in [0, 0.05) is 50.5 Å². The summed E-state index contributed by atoms with van der Waals surface area (Å²) < 4.78 is 0. The van der Waals surface area contributed by atoms with E-state index in [0.717, 1.165) is 63.8 Å². The second-order valence-corrected chi connectivity index (χ2v) is 7.95. The van der Waals surface area contributed by atoms with E-state index in [1.165, 1.54) is 0 Å². The Hall–Kier alpha value is -0.930. The van der Waals surface area contributed by atoms with Gasteiger partial charge in [-0.3, -0.25) is 14.9 Å². The summed E-state index contributed by atoms with van der Waals surface area (Å²) in [7, 11) is 0. The molecule has 0 aliphatic carbocycles. The maximum Gasteiger partial charge on any atom is 0.191 e. The van der Waals surface area contributed by atoms with Gasteiger partial charge in [-0.1, -0.05) is 6.07 Å². The Balaban J connectivity index is 0.00000364. The molecule has 0 saturated carbocycles. The van der Waals surface area contributed by atoms with Crippen LogP contribution in [0.5, 0.6) is 0 Å². The van der Waals surface area contributed by atoms with E-state index >= 15 is 0 Å². The third kappa shape index (κ3) is 10.3. The average Bonchev–Trinajstić information content (AvgIpc) is 2.60. The van der Waals surface area contributed by atoms with Gasteiger partial charge in [-0.25, -0.2) is 0 Å². The van der Waals surface area contributed by atoms with Crippen LogP contribution in [0.25, 0.3) is 0 Å². The number of nitrogens with one attached hydrogen (secondary N) is 3. The zero-order valence-electron chi connectivity index (χ0n) is 17.3.